The summed E-state index contributed by atoms with van der Waals surface area (Å²) in [6.45, 7) is 8.22. The third-order valence-corrected chi connectivity index (χ3v) is 6.46. The smallest absolute Gasteiger partial charge is 0.490 e. The van der Waals surface area contributed by atoms with E-state index < -0.39 is 18.1 Å². The van der Waals surface area contributed by atoms with Gasteiger partial charge in [-0.3, -0.25) is 0 Å². The first kappa shape index (κ1) is 31.8. The van der Waals surface area contributed by atoms with Crippen molar-refractivity contribution in [1.29, 1.82) is 0 Å². The van der Waals surface area contributed by atoms with Crippen molar-refractivity contribution < 1.29 is 37.7 Å². The van der Waals surface area contributed by atoms with Crippen molar-refractivity contribution in [1.82, 2.24) is 4.90 Å². The number of piperazine rings is 1. The van der Waals surface area contributed by atoms with Gasteiger partial charge in [-0.2, -0.15) is 13.2 Å². The summed E-state index contributed by atoms with van der Waals surface area (Å²) in [5.41, 5.74) is 5.95. The minimum absolute atomic E-state index is 0.257. The number of nitrogens with one attached hydrogen (secondary N) is 1. The van der Waals surface area contributed by atoms with Crippen molar-refractivity contribution >= 4 is 29.3 Å². The van der Waals surface area contributed by atoms with Crippen molar-refractivity contribution in [2.75, 3.05) is 43.5 Å². The standard InChI is InChI=1S/C28H32N4O3.C2HF3O2/c1-20-7-8-21(2)26(17-20)31-13-15-32(16-14-31)28(29-19-22-5-4-6-25(18-22)35-3)30-24-11-9-23(10-12-24)27(33)34;3-2(4,5)1(6)7/h4-12,17-18H,13-16,19H2,1-3H3,(H,29,30)(H,33,34);(H,6,7). The van der Waals surface area contributed by atoms with E-state index in [1.165, 1.54) is 16.8 Å². The molecule has 4 rings (SSSR count). The highest BCUT2D eigenvalue weighted by Gasteiger charge is 2.38. The van der Waals surface area contributed by atoms with Crippen molar-refractivity contribution in [2.24, 2.45) is 4.99 Å². The number of benzene rings is 3. The molecule has 0 aromatic heterocycles. The first-order valence-corrected chi connectivity index (χ1v) is 13.0. The van der Waals surface area contributed by atoms with Crippen LogP contribution in [0.2, 0.25) is 0 Å². The number of hydrogen-bond acceptors (Lipinski definition) is 5. The molecular formula is C30H33F3N4O5. The zero-order valence-corrected chi connectivity index (χ0v) is 23.5. The van der Waals surface area contributed by atoms with Crippen molar-refractivity contribution in [3.63, 3.8) is 0 Å². The number of alkyl halides is 3. The SMILES string of the molecule is COc1cccc(CN=C(Nc2ccc(C(=O)O)cc2)N2CCN(c3cc(C)ccc3C)CC2)c1.O=C(O)C(F)(F)F. The molecule has 1 heterocycles. The number of rotatable bonds is 6. The molecule has 0 spiro atoms. The number of aliphatic carboxylic acids is 1. The van der Waals surface area contributed by atoms with Gasteiger partial charge in [-0.1, -0.05) is 24.3 Å². The van der Waals surface area contributed by atoms with E-state index in [0.717, 1.165) is 49.1 Å². The number of aryl methyl sites for hydroxylation is 2. The zero-order valence-electron chi connectivity index (χ0n) is 23.5. The minimum atomic E-state index is -5.08. The Bertz CT molecular complexity index is 1400. The molecule has 42 heavy (non-hydrogen) atoms. The summed E-state index contributed by atoms with van der Waals surface area (Å²) in [6.07, 6.45) is -5.08. The third kappa shape index (κ3) is 9.15. The fourth-order valence-corrected chi connectivity index (χ4v) is 4.20. The average Bonchev–Trinajstić information content (AvgIpc) is 2.97. The van der Waals surface area contributed by atoms with Crippen molar-refractivity contribution in [3.05, 3.63) is 89.0 Å². The van der Waals surface area contributed by atoms with Gasteiger partial charge in [0.05, 0.1) is 19.2 Å². The molecule has 1 aliphatic rings. The molecule has 0 unspecified atom stereocenters. The van der Waals surface area contributed by atoms with Gasteiger partial charge in [0.15, 0.2) is 5.96 Å². The van der Waals surface area contributed by atoms with Crippen molar-refractivity contribution in [3.8, 4) is 5.75 Å². The second-order valence-corrected chi connectivity index (χ2v) is 9.57. The summed E-state index contributed by atoms with van der Waals surface area (Å²) in [6, 6.07) is 21.2. The number of carboxylic acid groups (broad SMARTS) is 2. The van der Waals surface area contributed by atoms with Gasteiger partial charge in [-0.05, 0) is 73.0 Å². The maximum absolute atomic E-state index is 11.2. The fourth-order valence-electron chi connectivity index (χ4n) is 4.20. The summed E-state index contributed by atoms with van der Waals surface area (Å²) in [7, 11) is 1.66. The van der Waals surface area contributed by atoms with Crippen molar-refractivity contribution in [2.45, 2.75) is 26.6 Å². The third-order valence-electron chi connectivity index (χ3n) is 6.46. The molecule has 3 aromatic rings. The summed E-state index contributed by atoms with van der Waals surface area (Å²) in [5.74, 6) is -2.12. The van der Waals surface area contributed by atoms with E-state index in [2.05, 4.69) is 47.2 Å². The predicted octanol–water partition coefficient (Wildman–Crippen LogP) is 5.43. The first-order valence-electron chi connectivity index (χ1n) is 13.0. The maximum Gasteiger partial charge on any atom is 0.490 e. The van der Waals surface area contributed by atoms with Gasteiger partial charge in [0.2, 0.25) is 0 Å². The number of carbonyl (C=O) groups is 2. The Kier molecular flexibility index (Phi) is 10.8. The molecule has 12 heteroatoms. The number of halogens is 3. The van der Waals surface area contributed by atoms with Crippen LogP contribution in [0.25, 0.3) is 0 Å². The fraction of sp³-hybridized carbons (Fsp3) is 0.300. The van der Waals surface area contributed by atoms with Crippen LogP contribution in [-0.4, -0.2) is 72.5 Å². The van der Waals surface area contributed by atoms with Crippen LogP contribution in [0, 0.1) is 13.8 Å². The van der Waals surface area contributed by atoms with Gasteiger partial charge in [0.25, 0.3) is 0 Å². The van der Waals surface area contributed by atoms with E-state index >= 15 is 0 Å². The summed E-state index contributed by atoms with van der Waals surface area (Å²) in [5, 5.41) is 19.7. The molecule has 1 fully saturated rings. The Hall–Kier alpha value is -4.74. The number of aliphatic imine (C=N–C) groups is 1. The van der Waals surface area contributed by atoms with E-state index in [0.29, 0.717) is 6.54 Å². The number of aromatic carboxylic acids is 1. The highest BCUT2D eigenvalue weighted by atomic mass is 19.4. The summed E-state index contributed by atoms with van der Waals surface area (Å²) < 4.78 is 37.1. The lowest BCUT2D eigenvalue weighted by Gasteiger charge is -2.38. The van der Waals surface area contributed by atoms with Crippen LogP contribution >= 0.6 is 0 Å². The molecule has 0 aliphatic carbocycles. The zero-order chi connectivity index (χ0) is 30.9. The molecule has 3 aromatic carbocycles. The maximum atomic E-state index is 11.2. The van der Waals surface area contributed by atoms with Gasteiger partial charge in [-0.15, -0.1) is 0 Å². The molecule has 1 aliphatic heterocycles. The molecule has 9 nitrogen and oxygen atoms in total. The number of ether oxygens (including phenoxy) is 1. The van der Waals surface area contributed by atoms with Crippen LogP contribution in [0.15, 0.2) is 71.7 Å². The number of methoxy groups -OCH3 is 1. The molecule has 0 saturated carbocycles. The quantitative estimate of drug-likeness (QED) is 0.259. The lowest BCUT2D eigenvalue weighted by atomic mass is 10.1. The molecule has 1 saturated heterocycles. The highest BCUT2D eigenvalue weighted by Crippen LogP contribution is 2.23. The summed E-state index contributed by atoms with van der Waals surface area (Å²) >= 11 is 0. The van der Waals surface area contributed by atoms with Gasteiger partial charge >= 0.3 is 18.1 Å². The normalized spacial score (nSPS) is 13.6. The van der Waals surface area contributed by atoms with Gasteiger partial charge in [0.1, 0.15) is 5.75 Å². The van der Waals surface area contributed by atoms with E-state index in [1.807, 2.05) is 24.3 Å². The highest BCUT2D eigenvalue weighted by molar-refractivity contribution is 5.95. The second kappa shape index (κ2) is 14.2. The topological polar surface area (TPSA) is 115 Å². The predicted molar refractivity (Wildman–Crippen MR) is 155 cm³/mol. The Morgan fingerprint density at radius 1 is 0.952 bits per heavy atom. The number of anilines is 2. The molecule has 0 atom stereocenters. The lowest BCUT2D eigenvalue weighted by Crippen LogP contribution is -2.51. The Balaban J connectivity index is 0.000000616. The van der Waals surface area contributed by atoms with Crippen LogP contribution in [0.5, 0.6) is 5.75 Å². The van der Waals surface area contributed by atoms with Gasteiger partial charge < -0.3 is 30.1 Å². The van der Waals surface area contributed by atoms with Crippen LogP contribution in [0.3, 0.4) is 0 Å². The van der Waals surface area contributed by atoms with Gasteiger partial charge in [-0.25, -0.2) is 14.6 Å². The number of nitrogens with zero attached hydrogens (tertiary/aromatic N) is 3. The van der Waals surface area contributed by atoms with Gasteiger partial charge in [0, 0.05) is 37.6 Å². The summed E-state index contributed by atoms with van der Waals surface area (Å²) in [4.78, 5) is 29.7. The average molecular weight is 587 g/mol. The molecule has 0 amide bonds. The molecule has 224 valence electrons. The lowest BCUT2D eigenvalue weighted by molar-refractivity contribution is -0.192. The van der Waals surface area contributed by atoms with Crippen LogP contribution in [0.4, 0.5) is 24.5 Å². The van der Waals surface area contributed by atoms with E-state index in [-0.39, 0.29) is 5.56 Å². The van der Waals surface area contributed by atoms with E-state index in [9.17, 15) is 23.1 Å². The van der Waals surface area contributed by atoms with E-state index in [4.69, 9.17) is 19.6 Å². The Morgan fingerprint density at radius 2 is 1.60 bits per heavy atom. The largest absolute Gasteiger partial charge is 0.497 e. The molecule has 3 N–H and O–H groups in total. The second-order valence-electron chi connectivity index (χ2n) is 9.57. The molecular weight excluding hydrogens is 553 g/mol. The van der Waals surface area contributed by atoms with Crippen LogP contribution in [-0.2, 0) is 11.3 Å². The monoisotopic (exact) mass is 586 g/mol. The number of carboxylic acids is 2. The molecule has 0 bridgehead atoms. The Labute approximate surface area is 241 Å². The van der Waals surface area contributed by atoms with Crippen LogP contribution in [0.1, 0.15) is 27.0 Å². The van der Waals surface area contributed by atoms with E-state index in [1.54, 1.807) is 31.4 Å². The number of guanidine groups is 1. The first-order chi connectivity index (χ1) is 19.9. The minimum Gasteiger partial charge on any atom is -0.497 e. The van der Waals surface area contributed by atoms with Crippen LogP contribution < -0.4 is 15.0 Å². The molecule has 0 radical (unpaired) electrons. The Morgan fingerprint density at radius 3 is 2.17 bits per heavy atom. The number of hydrogen-bond donors (Lipinski definition) is 3.